The molecule has 2 fully saturated rings. The molecular weight excluding hydrogens is 288 g/mol. The van der Waals surface area contributed by atoms with Gasteiger partial charge in [-0.1, -0.05) is 6.92 Å². The number of rotatable bonds is 5. The van der Waals surface area contributed by atoms with Crippen LogP contribution in [0.4, 0.5) is 4.79 Å². The smallest absolute Gasteiger partial charge is 0.317 e. The molecule has 7 heteroatoms. The molecule has 2 unspecified atom stereocenters. The third kappa shape index (κ3) is 3.89. The third-order valence-electron chi connectivity index (χ3n) is 4.50. The zero-order chi connectivity index (χ0) is 16.4. The minimum Gasteiger partial charge on any atom is -0.481 e. The lowest BCUT2D eigenvalue weighted by Crippen LogP contribution is -2.43. The number of hydrogen-bond donors (Lipinski definition) is 2. The van der Waals surface area contributed by atoms with E-state index in [-0.39, 0.29) is 18.5 Å². The van der Waals surface area contributed by atoms with Gasteiger partial charge < -0.3 is 24.8 Å². The van der Waals surface area contributed by atoms with E-state index >= 15 is 0 Å². The molecule has 2 saturated heterocycles. The van der Waals surface area contributed by atoms with Crippen LogP contribution in [0.5, 0.6) is 0 Å². The normalized spacial score (nSPS) is 28.6. The number of urea groups is 1. The fourth-order valence-corrected chi connectivity index (χ4v) is 3.06. The van der Waals surface area contributed by atoms with Crippen LogP contribution in [0.2, 0.25) is 0 Å². The van der Waals surface area contributed by atoms with Gasteiger partial charge in [0.1, 0.15) is 0 Å². The van der Waals surface area contributed by atoms with Crippen LogP contribution in [0.3, 0.4) is 0 Å². The second-order valence-electron chi connectivity index (χ2n) is 6.86. The fraction of sp³-hybridized carbons (Fsp3) is 0.867. The largest absolute Gasteiger partial charge is 0.481 e. The van der Waals surface area contributed by atoms with Gasteiger partial charge >= 0.3 is 12.0 Å². The monoisotopic (exact) mass is 314 g/mol. The van der Waals surface area contributed by atoms with E-state index < -0.39 is 17.2 Å². The molecule has 2 aliphatic rings. The maximum Gasteiger partial charge on any atom is 0.317 e. The molecular formula is C15H26N2O5. The SMILES string of the molecule is CC(CNC(=O)N1CCC(C)(C(=O)O)C1)CC1(C)OCCO1. The molecule has 0 radical (unpaired) electrons. The topological polar surface area (TPSA) is 88.1 Å². The zero-order valence-electron chi connectivity index (χ0n) is 13.6. The van der Waals surface area contributed by atoms with Crippen molar-refractivity contribution in [3.05, 3.63) is 0 Å². The first-order chi connectivity index (χ1) is 10.2. The van der Waals surface area contributed by atoms with Crippen molar-refractivity contribution < 1.29 is 24.2 Å². The first-order valence-electron chi connectivity index (χ1n) is 7.78. The van der Waals surface area contributed by atoms with Crippen LogP contribution in [-0.4, -0.2) is 60.6 Å². The average Bonchev–Trinajstić information content (AvgIpc) is 3.03. The Balaban J connectivity index is 1.75. The fourth-order valence-electron chi connectivity index (χ4n) is 3.06. The number of amides is 2. The van der Waals surface area contributed by atoms with Crippen LogP contribution in [0.1, 0.15) is 33.6 Å². The summed E-state index contributed by atoms with van der Waals surface area (Å²) in [5, 5.41) is 12.1. The van der Waals surface area contributed by atoms with E-state index in [1.165, 1.54) is 0 Å². The Bertz CT molecular complexity index is 436. The molecule has 0 spiro atoms. The van der Waals surface area contributed by atoms with Crippen LogP contribution >= 0.6 is 0 Å². The molecule has 0 aromatic carbocycles. The van der Waals surface area contributed by atoms with Gasteiger partial charge in [-0.15, -0.1) is 0 Å². The second kappa shape index (κ2) is 6.42. The minimum atomic E-state index is -0.848. The molecule has 0 aliphatic carbocycles. The van der Waals surface area contributed by atoms with Crippen LogP contribution in [-0.2, 0) is 14.3 Å². The molecule has 7 nitrogen and oxygen atoms in total. The van der Waals surface area contributed by atoms with Crippen LogP contribution in [0.25, 0.3) is 0 Å². The Kier molecular flexibility index (Phi) is 4.97. The summed E-state index contributed by atoms with van der Waals surface area (Å²) in [6.07, 6.45) is 1.20. The Morgan fingerprint density at radius 1 is 1.32 bits per heavy atom. The maximum atomic E-state index is 12.1. The molecule has 2 rings (SSSR count). The van der Waals surface area contributed by atoms with Gasteiger partial charge in [0.25, 0.3) is 0 Å². The van der Waals surface area contributed by atoms with Gasteiger partial charge in [0.05, 0.1) is 18.6 Å². The van der Waals surface area contributed by atoms with Crippen molar-refractivity contribution in [2.24, 2.45) is 11.3 Å². The van der Waals surface area contributed by atoms with Crippen molar-refractivity contribution in [2.75, 3.05) is 32.8 Å². The van der Waals surface area contributed by atoms with Crippen LogP contribution < -0.4 is 5.32 Å². The van der Waals surface area contributed by atoms with Gasteiger partial charge in [0, 0.05) is 26.1 Å². The standard InChI is InChI=1S/C15H26N2O5/c1-11(8-15(3)21-6-7-22-15)9-16-13(20)17-5-4-14(2,10-17)12(18)19/h11H,4-10H2,1-3H3,(H,16,20)(H,18,19). The number of nitrogens with zero attached hydrogens (tertiary/aromatic N) is 1. The predicted octanol–water partition coefficient (Wildman–Crippen LogP) is 1.28. The van der Waals surface area contributed by atoms with E-state index in [4.69, 9.17) is 9.47 Å². The Labute approximate surface area is 130 Å². The number of carbonyl (C=O) groups is 2. The first kappa shape index (κ1) is 17.0. The lowest BCUT2D eigenvalue weighted by atomic mass is 9.90. The Hall–Kier alpha value is -1.34. The number of aliphatic carboxylic acids is 1. The quantitative estimate of drug-likeness (QED) is 0.798. The Morgan fingerprint density at radius 3 is 2.50 bits per heavy atom. The highest BCUT2D eigenvalue weighted by molar-refractivity contribution is 5.79. The van der Waals surface area contributed by atoms with E-state index in [1.54, 1.807) is 11.8 Å². The lowest BCUT2D eigenvalue weighted by Gasteiger charge is -2.27. The summed E-state index contributed by atoms with van der Waals surface area (Å²) in [6, 6.07) is -0.199. The van der Waals surface area contributed by atoms with Crippen molar-refractivity contribution in [1.29, 1.82) is 0 Å². The van der Waals surface area contributed by atoms with Gasteiger partial charge in [0.2, 0.25) is 0 Å². The summed E-state index contributed by atoms with van der Waals surface area (Å²) in [7, 11) is 0. The first-order valence-corrected chi connectivity index (χ1v) is 7.78. The zero-order valence-corrected chi connectivity index (χ0v) is 13.6. The van der Waals surface area contributed by atoms with E-state index in [1.807, 2.05) is 13.8 Å². The molecule has 2 atom stereocenters. The molecule has 2 amide bonds. The summed E-state index contributed by atoms with van der Waals surface area (Å²) in [4.78, 5) is 24.9. The van der Waals surface area contributed by atoms with Crippen molar-refractivity contribution in [3.63, 3.8) is 0 Å². The molecule has 22 heavy (non-hydrogen) atoms. The molecule has 0 bridgehead atoms. The molecule has 0 aromatic rings. The highest BCUT2D eigenvalue weighted by Gasteiger charge is 2.42. The van der Waals surface area contributed by atoms with Gasteiger partial charge in [-0.2, -0.15) is 0 Å². The molecule has 0 saturated carbocycles. The Morgan fingerprint density at radius 2 is 1.95 bits per heavy atom. The maximum absolute atomic E-state index is 12.1. The molecule has 126 valence electrons. The number of carboxylic acids is 1. The van der Waals surface area contributed by atoms with E-state index in [0.29, 0.717) is 39.1 Å². The van der Waals surface area contributed by atoms with Crippen molar-refractivity contribution in [2.45, 2.75) is 39.4 Å². The average molecular weight is 314 g/mol. The van der Waals surface area contributed by atoms with Crippen LogP contribution in [0, 0.1) is 11.3 Å². The lowest BCUT2D eigenvalue weighted by molar-refractivity contribution is -0.153. The highest BCUT2D eigenvalue weighted by Crippen LogP contribution is 2.30. The summed E-state index contributed by atoms with van der Waals surface area (Å²) in [5.74, 6) is -1.19. The number of ether oxygens (including phenoxy) is 2. The summed E-state index contributed by atoms with van der Waals surface area (Å²) in [5.41, 5.74) is -0.831. The minimum absolute atomic E-state index is 0.199. The highest BCUT2D eigenvalue weighted by atomic mass is 16.7. The van der Waals surface area contributed by atoms with Crippen molar-refractivity contribution in [1.82, 2.24) is 10.2 Å². The van der Waals surface area contributed by atoms with Gasteiger partial charge in [-0.25, -0.2) is 4.79 Å². The molecule has 2 aliphatic heterocycles. The van der Waals surface area contributed by atoms with Crippen LogP contribution in [0.15, 0.2) is 0 Å². The van der Waals surface area contributed by atoms with Crippen molar-refractivity contribution in [3.8, 4) is 0 Å². The van der Waals surface area contributed by atoms with Gasteiger partial charge in [-0.3, -0.25) is 4.79 Å². The van der Waals surface area contributed by atoms with Gasteiger partial charge in [-0.05, 0) is 26.2 Å². The third-order valence-corrected chi connectivity index (χ3v) is 4.50. The van der Waals surface area contributed by atoms with E-state index in [0.717, 1.165) is 0 Å². The van der Waals surface area contributed by atoms with Crippen molar-refractivity contribution >= 4 is 12.0 Å². The predicted molar refractivity (Wildman–Crippen MR) is 79.4 cm³/mol. The number of carbonyl (C=O) groups excluding carboxylic acids is 1. The molecule has 0 aromatic heterocycles. The number of nitrogens with one attached hydrogen (secondary N) is 1. The number of hydrogen-bond acceptors (Lipinski definition) is 4. The second-order valence-corrected chi connectivity index (χ2v) is 6.86. The van der Waals surface area contributed by atoms with Gasteiger partial charge in [0.15, 0.2) is 5.79 Å². The number of likely N-dealkylation sites (tertiary alicyclic amines) is 1. The summed E-state index contributed by atoms with van der Waals surface area (Å²) in [6.45, 7) is 8.09. The van der Waals surface area contributed by atoms with E-state index in [9.17, 15) is 14.7 Å². The molecule has 2 N–H and O–H groups in total. The summed E-state index contributed by atoms with van der Waals surface area (Å²) >= 11 is 0. The summed E-state index contributed by atoms with van der Waals surface area (Å²) < 4.78 is 11.1. The number of carboxylic acid groups (broad SMARTS) is 1. The molecule has 2 heterocycles. The van der Waals surface area contributed by atoms with E-state index in [2.05, 4.69) is 5.32 Å².